The molecule has 248 valence electrons. The van der Waals surface area contributed by atoms with Crippen LogP contribution in [0.1, 0.15) is 244 Å². The fraction of sp³-hybridized carbons (Fsp3) is 1.00. The van der Waals surface area contributed by atoms with Gasteiger partial charge in [0.15, 0.2) is 0 Å². The molecular formula is C42H80. The minimum atomic E-state index is 1.14. The monoisotopic (exact) mass is 585 g/mol. The molecule has 0 heterocycles. The second-order valence-electron chi connectivity index (χ2n) is 16.0. The Morgan fingerprint density at radius 3 is 0.333 bits per heavy atom. The van der Waals surface area contributed by atoms with Gasteiger partial charge in [0, 0.05) is 0 Å². The second kappa shape index (κ2) is 26.2. The van der Waals surface area contributed by atoms with Crippen molar-refractivity contribution in [2.24, 2.45) is 23.7 Å². The van der Waals surface area contributed by atoms with E-state index >= 15 is 0 Å². The summed E-state index contributed by atoms with van der Waals surface area (Å²) in [7, 11) is 0. The van der Waals surface area contributed by atoms with Crippen molar-refractivity contribution < 1.29 is 0 Å². The zero-order chi connectivity index (χ0) is 29.2. The Hall–Kier alpha value is 0. The van der Waals surface area contributed by atoms with Crippen LogP contribution in [0.2, 0.25) is 0 Å². The van der Waals surface area contributed by atoms with E-state index < -0.39 is 0 Å². The molecule has 0 aliphatic heterocycles. The highest BCUT2D eigenvalue weighted by molar-refractivity contribution is 4.77. The summed E-state index contributed by atoms with van der Waals surface area (Å²) in [5, 5.41) is 0. The van der Waals surface area contributed by atoms with E-state index in [2.05, 4.69) is 0 Å². The van der Waals surface area contributed by atoms with Gasteiger partial charge in [-0.3, -0.25) is 0 Å². The summed E-state index contributed by atoms with van der Waals surface area (Å²) in [6.07, 6.45) is 57.8. The van der Waals surface area contributed by atoms with Crippen LogP contribution in [0.3, 0.4) is 0 Å². The molecule has 7 rings (SSSR count). The fourth-order valence-electron chi connectivity index (χ4n) is 9.60. The van der Waals surface area contributed by atoms with Gasteiger partial charge < -0.3 is 0 Å². The zero-order valence-corrected chi connectivity index (χ0v) is 29.2. The molecule has 0 amide bonds. The summed E-state index contributed by atoms with van der Waals surface area (Å²) in [5.41, 5.74) is 0. The molecule has 0 aromatic heterocycles. The summed E-state index contributed by atoms with van der Waals surface area (Å²) >= 11 is 0. The van der Waals surface area contributed by atoms with Gasteiger partial charge in [0.05, 0.1) is 0 Å². The molecule has 0 aromatic rings. The van der Waals surface area contributed by atoms with Crippen molar-refractivity contribution in [3.8, 4) is 0 Å². The Morgan fingerprint density at radius 1 is 0.119 bits per heavy atom. The van der Waals surface area contributed by atoms with E-state index in [1.54, 1.807) is 51.4 Å². The van der Waals surface area contributed by atoms with E-state index in [-0.39, 0.29) is 0 Å². The molecule has 7 aliphatic rings. The van der Waals surface area contributed by atoms with E-state index in [9.17, 15) is 0 Å². The number of hydrogen-bond donors (Lipinski definition) is 0. The largest absolute Gasteiger partial charge is 0.0533 e. The minimum absolute atomic E-state index is 1.14. The van der Waals surface area contributed by atoms with Gasteiger partial charge in [0.25, 0.3) is 0 Å². The second-order valence-corrected chi connectivity index (χ2v) is 16.0. The van der Waals surface area contributed by atoms with Crippen molar-refractivity contribution in [2.45, 2.75) is 244 Å². The smallest absolute Gasteiger partial charge is 0.0386 e. The van der Waals surface area contributed by atoms with Crippen LogP contribution in [0.25, 0.3) is 0 Å². The van der Waals surface area contributed by atoms with Crippen LogP contribution in [-0.4, -0.2) is 0 Å². The van der Waals surface area contributed by atoms with E-state index in [1.165, 1.54) is 193 Å². The molecule has 7 saturated carbocycles. The molecule has 0 radical (unpaired) electrons. The van der Waals surface area contributed by atoms with E-state index in [0.717, 1.165) is 23.7 Å². The molecule has 0 nitrogen and oxygen atoms in total. The minimum Gasteiger partial charge on any atom is -0.0533 e. The van der Waals surface area contributed by atoms with E-state index in [4.69, 9.17) is 0 Å². The predicted octanol–water partition coefficient (Wildman–Crippen LogP) is 15.3. The first-order chi connectivity index (χ1) is 20.9. The lowest BCUT2D eigenvalue weighted by Gasteiger charge is -2.32. The van der Waals surface area contributed by atoms with Crippen molar-refractivity contribution in [3.05, 3.63) is 0 Å². The molecule has 42 heavy (non-hydrogen) atoms. The normalized spacial score (nSPS) is 26.9. The first kappa shape index (κ1) is 36.5. The first-order valence-corrected chi connectivity index (χ1v) is 20.9. The van der Waals surface area contributed by atoms with Crippen LogP contribution in [-0.2, 0) is 0 Å². The van der Waals surface area contributed by atoms with Gasteiger partial charge in [-0.25, -0.2) is 0 Å². The van der Waals surface area contributed by atoms with Gasteiger partial charge in [-0.15, -0.1) is 0 Å². The highest BCUT2D eigenvalue weighted by Gasteiger charge is 2.25. The van der Waals surface area contributed by atoms with Crippen molar-refractivity contribution in [3.63, 3.8) is 0 Å². The van der Waals surface area contributed by atoms with Crippen LogP contribution in [0.4, 0.5) is 0 Å². The Bertz CT molecular complexity index is 401. The zero-order valence-electron chi connectivity index (χ0n) is 29.2. The van der Waals surface area contributed by atoms with E-state index in [1.807, 2.05) is 0 Å². The number of hydrogen-bond acceptors (Lipinski definition) is 0. The van der Waals surface area contributed by atoms with Crippen LogP contribution in [0, 0.1) is 23.7 Å². The molecule has 7 aliphatic carbocycles. The Kier molecular flexibility index (Phi) is 22.8. The van der Waals surface area contributed by atoms with Gasteiger partial charge >= 0.3 is 0 Å². The standard InChI is InChI=1S/2C12H22.3C6H12/c2*1-3-7-11(8-4-1)12-9-5-2-6-10-12;3*1-2-4-6-5-3-1/h2*11-12H,1-10H2;3*1-6H2. The predicted molar refractivity (Wildman–Crippen MR) is 189 cm³/mol. The molecule has 0 aromatic carbocycles. The summed E-state index contributed by atoms with van der Waals surface area (Å²) in [5.74, 6) is 4.55. The van der Waals surface area contributed by atoms with Crippen LogP contribution < -0.4 is 0 Å². The quantitative estimate of drug-likeness (QED) is 0.303. The maximum absolute atomic E-state index is 1.56. The molecule has 0 bridgehead atoms. The lowest BCUT2D eigenvalue weighted by molar-refractivity contribution is 0.196. The van der Waals surface area contributed by atoms with Gasteiger partial charge in [-0.05, 0) is 23.7 Å². The highest BCUT2D eigenvalue weighted by atomic mass is 14.3. The lowest BCUT2D eigenvalue weighted by Crippen LogP contribution is -2.20. The van der Waals surface area contributed by atoms with E-state index in [0.29, 0.717) is 0 Å². The Labute approximate surface area is 267 Å². The maximum atomic E-state index is 1.56. The lowest BCUT2D eigenvalue weighted by atomic mass is 9.73. The van der Waals surface area contributed by atoms with Crippen molar-refractivity contribution in [1.82, 2.24) is 0 Å². The highest BCUT2D eigenvalue weighted by Crippen LogP contribution is 2.39. The SMILES string of the molecule is C1CCC(C2CCCCC2)CC1.C1CCC(C2CCCCC2)CC1.C1CCCCC1.C1CCCCC1.C1CCCCC1. The molecule has 0 saturated heterocycles. The average Bonchev–Trinajstić information content (AvgIpc) is 3.13. The van der Waals surface area contributed by atoms with Gasteiger partial charge in [-0.1, -0.05) is 244 Å². The van der Waals surface area contributed by atoms with Gasteiger partial charge in [0.1, 0.15) is 0 Å². The molecule has 0 spiro atoms. The summed E-state index contributed by atoms with van der Waals surface area (Å²) in [6.45, 7) is 0. The Balaban J connectivity index is 0.000000150. The maximum Gasteiger partial charge on any atom is -0.0386 e. The molecule has 0 unspecified atom stereocenters. The summed E-state index contributed by atoms with van der Waals surface area (Å²) in [6, 6.07) is 0. The third kappa shape index (κ3) is 18.1. The molecule has 7 fully saturated rings. The van der Waals surface area contributed by atoms with Crippen molar-refractivity contribution >= 4 is 0 Å². The summed E-state index contributed by atoms with van der Waals surface area (Å²) < 4.78 is 0. The molecule has 0 atom stereocenters. The number of rotatable bonds is 2. The van der Waals surface area contributed by atoms with Crippen LogP contribution in [0.15, 0.2) is 0 Å². The average molecular weight is 585 g/mol. The third-order valence-corrected chi connectivity index (χ3v) is 12.4. The van der Waals surface area contributed by atoms with Crippen LogP contribution >= 0.6 is 0 Å². The topological polar surface area (TPSA) is 0 Å². The van der Waals surface area contributed by atoms with Crippen molar-refractivity contribution in [1.29, 1.82) is 0 Å². The fourth-order valence-corrected chi connectivity index (χ4v) is 9.60. The summed E-state index contributed by atoms with van der Waals surface area (Å²) in [4.78, 5) is 0. The van der Waals surface area contributed by atoms with Gasteiger partial charge in [0.2, 0.25) is 0 Å². The third-order valence-electron chi connectivity index (χ3n) is 12.4. The molecule has 0 heteroatoms. The van der Waals surface area contributed by atoms with Crippen LogP contribution in [0.5, 0.6) is 0 Å². The molecule has 0 N–H and O–H groups in total. The first-order valence-electron chi connectivity index (χ1n) is 20.9. The Morgan fingerprint density at radius 2 is 0.214 bits per heavy atom. The molecular weight excluding hydrogens is 504 g/mol. The van der Waals surface area contributed by atoms with Crippen molar-refractivity contribution in [2.75, 3.05) is 0 Å². The van der Waals surface area contributed by atoms with Gasteiger partial charge in [-0.2, -0.15) is 0 Å².